The summed E-state index contributed by atoms with van der Waals surface area (Å²) in [4.78, 5) is 0. The molecule has 2 nitrogen and oxygen atoms in total. The first-order chi connectivity index (χ1) is 10.1. The van der Waals surface area contributed by atoms with Crippen LogP contribution in [0.15, 0.2) is 34.7 Å². The molecule has 116 valence electrons. The number of nitrogens with zero attached hydrogens (tertiary/aromatic N) is 1. The average Bonchev–Trinajstić information content (AvgIpc) is 2.85. The van der Waals surface area contributed by atoms with E-state index in [-0.39, 0.29) is 29.6 Å². The van der Waals surface area contributed by atoms with Gasteiger partial charge in [0, 0.05) is 5.56 Å². The molecule has 0 spiro atoms. The van der Waals surface area contributed by atoms with Gasteiger partial charge < -0.3 is 4.42 Å². The zero-order chi connectivity index (χ0) is 16.5. The molecule has 0 radical (unpaired) electrons. The molecule has 0 atom stereocenters. The summed E-state index contributed by atoms with van der Waals surface area (Å²) in [5, 5.41) is 8.49. The van der Waals surface area contributed by atoms with Crippen molar-refractivity contribution < 1.29 is 30.8 Å². The lowest BCUT2D eigenvalue weighted by Gasteiger charge is -2.13. The van der Waals surface area contributed by atoms with Gasteiger partial charge in [-0.25, -0.2) is 0 Å². The molecule has 1 aromatic carbocycles. The fourth-order valence-electron chi connectivity index (χ4n) is 1.80. The average molecular weight is 319 g/mol. The number of rotatable bonds is 2. The van der Waals surface area contributed by atoms with Crippen LogP contribution in [0, 0.1) is 11.3 Å². The van der Waals surface area contributed by atoms with Crippen LogP contribution in [-0.2, 0) is 18.8 Å². The number of benzene rings is 1. The fourth-order valence-corrected chi connectivity index (χ4v) is 1.80. The molecule has 22 heavy (non-hydrogen) atoms. The van der Waals surface area contributed by atoms with E-state index in [4.69, 9.17) is 9.68 Å². The Hall–Kier alpha value is -2.43. The van der Waals surface area contributed by atoms with Crippen molar-refractivity contribution in [1.29, 1.82) is 5.26 Å². The SMILES string of the molecule is N#CCc1ccc(-c2cc(C(F)(F)F)cc(C(F)(F)F)c2)o1. The molecule has 1 heterocycles. The summed E-state index contributed by atoms with van der Waals surface area (Å²) in [7, 11) is 0. The van der Waals surface area contributed by atoms with Gasteiger partial charge in [0.05, 0.1) is 23.6 Å². The Morgan fingerprint density at radius 3 is 1.91 bits per heavy atom. The number of alkyl halides is 6. The molecule has 0 saturated heterocycles. The highest BCUT2D eigenvalue weighted by atomic mass is 19.4. The minimum absolute atomic E-state index is 0.0443. The van der Waals surface area contributed by atoms with Gasteiger partial charge in [-0.1, -0.05) is 0 Å². The smallest absolute Gasteiger partial charge is 0.416 e. The molecule has 0 aliphatic heterocycles. The Balaban J connectivity index is 2.57. The molecule has 8 heteroatoms. The minimum Gasteiger partial charge on any atom is -0.460 e. The largest absolute Gasteiger partial charge is 0.460 e. The van der Waals surface area contributed by atoms with Gasteiger partial charge in [0.15, 0.2) is 0 Å². The lowest BCUT2D eigenvalue weighted by Crippen LogP contribution is -2.11. The molecule has 0 aliphatic carbocycles. The third kappa shape index (κ3) is 3.42. The molecule has 2 rings (SSSR count). The van der Waals surface area contributed by atoms with Crippen LogP contribution >= 0.6 is 0 Å². The van der Waals surface area contributed by atoms with Crippen molar-refractivity contribution in [3.8, 4) is 17.4 Å². The molecule has 1 aromatic heterocycles. The van der Waals surface area contributed by atoms with Gasteiger partial charge >= 0.3 is 12.4 Å². The number of halogens is 6. The molecule has 0 aliphatic rings. The summed E-state index contributed by atoms with van der Waals surface area (Å²) in [6, 6.07) is 5.51. The number of hydrogen-bond acceptors (Lipinski definition) is 2. The topological polar surface area (TPSA) is 36.9 Å². The van der Waals surface area contributed by atoms with Crippen molar-refractivity contribution in [3.05, 3.63) is 47.2 Å². The number of furan rings is 1. The van der Waals surface area contributed by atoms with Crippen molar-refractivity contribution >= 4 is 0 Å². The Labute approximate surface area is 120 Å². The molecule has 0 unspecified atom stereocenters. The predicted molar refractivity (Wildman–Crippen MR) is 63.5 cm³/mol. The van der Waals surface area contributed by atoms with Crippen LogP contribution in [0.2, 0.25) is 0 Å². The van der Waals surface area contributed by atoms with Gasteiger partial charge in [-0.2, -0.15) is 31.6 Å². The highest BCUT2D eigenvalue weighted by Gasteiger charge is 2.37. The molecule has 0 saturated carbocycles. The first kappa shape index (κ1) is 15.9. The molecule has 0 fully saturated rings. The minimum atomic E-state index is -4.92. The molecule has 0 bridgehead atoms. The second kappa shape index (κ2) is 5.40. The van der Waals surface area contributed by atoms with E-state index in [2.05, 4.69) is 0 Å². The molecule has 0 N–H and O–H groups in total. The van der Waals surface area contributed by atoms with E-state index in [9.17, 15) is 26.3 Å². The molecular formula is C14H7F6NO. The number of hydrogen-bond donors (Lipinski definition) is 0. The highest BCUT2D eigenvalue weighted by molar-refractivity contribution is 5.61. The summed E-state index contributed by atoms with van der Waals surface area (Å²) in [5.41, 5.74) is -3.20. The number of nitriles is 1. The maximum absolute atomic E-state index is 12.7. The van der Waals surface area contributed by atoms with Crippen LogP contribution in [0.5, 0.6) is 0 Å². The molecule has 0 amide bonds. The Kier molecular flexibility index (Phi) is 3.92. The van der Waals surface area contributed by atoms with Gasteiger partial charge in [0.25, 0.3) is 0 Å². The van der Waals surface area contributed by atoms with Crippen molar-refractivity contribution in [2.45, 2.75) is 18.8 Å². The van der Waals surface area contributed by atoms with Crippen molar-refractivity contribution in [3.63, 3.8) is 0 Å². The maximum atomic E-state index is 12.7. The van der Waals surface area contributed by atoms with Crippen LogP contribution in [0.1, 0.15) is 16.9 Å². The summed E-state index contributed by atoms with van der Waals surface area (Å²) < 4.78 is 81.5. The fraction of sp³-hybridized carbons (Fsp3) is 0.214. The zero-order valence-corrected chi connectivity index (χ0v) is 10.7. The summed E-state index contributed by atoms with van der Waals surface area (Å²) in [6.45, 7) is 0. The third-order valence-corrected chi connectivity index (χ3v) is 2.79. The molecule has 2 aromatic rings. The quantitative estimate of drug-likeness (QED) is 0.726. The first-order valence-corrected chi connectivity index (χ1v) is 5.87. The van der Waals surface area contributed by atoms with Gasteiger partial charge in [0.2, 0.25) is 0 Å². The van der Waals surface area contributed by atoms with Crippen LogP contribution in [-0.4, -0.2) is 0 Å². The van der Waals surface area contributed by atoms with E-state index in [1.165, 1.54) is 12.1 Å². The van der Waals surface area contributed by atoms with Gasteiger partial charge in [-0.3, -0.25) is 0 Å². The summed E-state index contributed by atoms with van der Waals surface area (Å²) in [6.07, 6.45) is -9.97. The third-order valence-electron chi connectivity index (χ3n) is 2.79. The van der Waals surface area contributed by atoms with Gasteiger partial charge in [0.1, 0.15) is 11.5 Å². The Bertz CT molecular complexity index is 688. The summed E-state index contributed by atoms with van der Waals surface area (Å²) in [5.74, 6) is -0.00896. The van der Waals surface area contributed by atoms with Gasteiger partial charge in [-0.15, -0.1) is 0 Å². The van der Waals surface area contributed by atoms with Crippen molar-refractivity contribution in [1.82, 2.24) is 0 Å². The normalized spacial score (nSPS) is 12.2. The monoisotopic (exact) mass is 319 g/mol. The lowest BCUT2D eigenvalue weighted by atomic mass is 10.0. The van der Waals surface area contributed by atoms with Crippen LogP contribution in [0.3, 0.4) is 0 Å². The van der Waals surface area contributed by atoms with E-state index >= 15 is 0 Å². The Morgan fingerprint density at radius 1 is 0.909 bits per heavy atom. The summed E-state index contributed by atoms with van der Waals surface area (Å²) >= 11 is 0. The van der Waals surface area contributed by atoms with E-state index < -0.39 is 23.5 Å². The first-order valence-electron chi connectivity index (χ1n) is 5.87. The van der Waals surface area contributed by atoms with Crippen LogP contribution < -0.4 is 0 Å². The second-order valence-electron chi connectivity index (χ2n) is 4.40. The lowest BCUT2D eigenvalue weighted by molar-refractivity contribution is -0.143. The maximum Gasteiger partial charge on any atom is 0.416 e. The van der Waals surface area contributed by atoms with Crippen molar-refractivity contribution in [2.24, 2.45) is 0 Å². The second-order valence-corrected chi connectivity index (χ2v) is 4.40. The van der Waals surface area contributed by atoms with E-state index in [1.54, 1.807) is 6.07 Å². The standard InChI is InChI=1S/C14H7F6NO/c15-13(16,17)9-5-8(6-10(7-9)14(18,19)20)12-2-1-11(22-12)3-4-21/h1-2,5-7H,3H2. The zero-order valence-electron chi connectivity index (χ0n) is 10.7. The highest BCUT2D eigenvalue weighted by Crippen LogP contribution is 2.38. The van der Waals surface area contributed by atoms with E-state index in [1.807, 2.05) is 0 Å². The van der Waals surface area contributed by atoms with Crippen LogP contribution in [0.25, 0.3) is 11.3 Å². The van der Waals surface area contributed by atoms with Crippen LogP contribution in [0.4, 0.5) is 26.3 Å². The van der Waals surface area contributed by atoms with E-state index in [0.29, 0.717) is 12.1 Å². The van der Waals surface area contributed by atoms with Gasteiger partial charge in [-0.05, 0) is 30.3 Å². The Morgan fingerprint density at radius 2 is 1.45 bits per heavy atom. The van der Waals surface area contributed by atoms with E-state index in [0.717, 1.165) is 0 Å². The molecular weight excluding hydrogens is 312 g/mol. The van der Waals surface area contributed by atoms with Crippen molar-refractivity contribution in [2.75, 3.05) is 0 Å². The predicted octanol–water partition coefficient (Wildman–Crippen LogP) is 5.05.